The number of halogens is 1. The number of aromatic nitrogens is 1. The number of benzene rings is 3. The van der Waals surface area contributed by atoms with Gasteiger partial charge in [-0.2, -0.15) is 0 Å². The largest absolute Gasteiger partial charge is 0.497 e. The minimum absolute atomic E-state index is 0.0131. The van der Waals surface area contributed by atoms with Gasteiger partial charge in [0.1, 0.15) is 5.75 Å². The van der Waals surface area contributed by atoms with E-state index in [1.807, 2.05) is 71.6 Å². The third kappa shape index (κ3) is 7.20. The van der Waals surface area contributed by atoms with Gasteiger partial charge in [-0.15, -0.1) is 0 Å². The summed E-state index contributed by atoms with van der Waals surface area (Å²) in [6, 6.07) is 21.3. The smallest absolute Gasteiger partial charge is 0.254 e. The first kappa shape index (κ1) is 28.2. The third-order valence-electron chi connectivity index (χ3n) is 6.58. The summed E-state index contributed by atoms with van der Waals surface area (Å²) in [5.41, 5.74) is 3.47. The van der Waals surface area contributed by atoms with E-state index in [2.05, 4.69) is 33.2 Å². The number of hydrogen-bond acceptors (Lipinski definition) is 6. The van der Waals surface area contributed by atoms with Crippen molar-refractivity contribution < 1.29 is 19.0 Å². The van der Waals surface area contributed by atoms with Crippen LogP contribution in [0.3, 0.4) is 0 Å². The van der Waals surface area contributed by atoms with Crippen LogP contribution in [-0.2, 0) is 6.54 Å². The van der Waals surface area contributed by atoms with E-state index in [-0.39, 0.29) is 11.9 Å². The highest BCUT2D eigenvalue weighted by molar-refractivity contribution is 9.10. The first-order valence-corrected chi connectivity index (χ1v) is 13.7. The van der Waals surface area contributed by atoms with Crippen LogP contribution in [0.4, 0.5) is 5.69 Å². The van der Waals surface area contributed by atoms with Gasteiger partial charge in [0.2, 0.25) is 0 Å². The second kappa shape index (κ2) is 13.3. The van der Waals surface area contributed by atoms with Crippen LogP contribution in [0.1, 0.15) is 35.7 Å². The van der Waals surface area contributed by atoms with Crippen LogP contribution < -0.4 is 19.5 Å². The number of ether oxygens (including phenoxy) is 3. The average Bonchev–Trinajstić information content (AvgIpc) is 2.96. The molecule has 1 N–H and O–H groups in total. The van der Waals surface area contributed by atoms with E-state index in [0.717, 1.165) is 45.2 Å². The molecular weight excluding hydrogens is 558 g/mol. The Labute approximate surface area is 238 Å². The molecule has 8 heteroatoms. The lowest BCUT2D eigenvalue weighted by molar-refractivity contribution is 0.0739. The Bertz CT molecular complexity index is 1410. The van der Waals surface area contributed by atoms with Crippen LogP contribution >= 0.6 is 15.9 Å². The predicted octanol–water partition coefficient (Wildman–Crippen LogP) is 6.95. The number of fused-ring (bicyclic) bond motifs is 1. The molecule has 0 spiro atoms. The van der Waals surface area contributed by atoms with Gasteiger partial charge in [0.15, 0.2) is 11.5 Å². The number of carbonyl (C=O) groups excluding carboxylic acids is 1. The Hall–Kier alpha value is -3.78. The zero-order valence-corrected chi connectivity index (χ0v) is 24.3. The molecule has 0 radical (unpaired) electrons. The third-order valence-corrected chi connectivity index (χ3v) is 7.11. The lowest BCUT2D eigenvalue weighted by Gasteiger charge is -2.25. The molecule has 1 aromatic heterocycles. The van der Waals surface area contributed by atoms with Crippen molar-refractivity contribution in [1.82, 2.24) is 9.88 Å². The number of anilines is 1. The molecular formula is C31H34BrN3O4. The van der Waals surface area contributed by atoms with Crippen molar-refractivity contribution in [2.24, 2.45) is 0 Å². The van der Waals surface area contributed by atoms with Crippen LogP contribution in [0.25, 0.3) is 10.9 Å². The molecule has 0 aliphatic rings. The van der Waals surface area contributed by atoms with E-state index in [0.29, 0.717) is 30.2 Å². The van der Waals surface area contributed by atoms with Gasteiger partial charge < -0.3 is 24.4 Å². The van der Waals surface area contributed by atoms with Gasteiger partial charge >= 0.3 is 0 Å². The second-order valence-corrected chi connectivity index (χ2v) is 10.3. The predicted molar refractivity (Wildman–Crippen MR) is 159 cm³/mol. The first-order valence-electron chi connectivity index (χ1n) is 12.9. The highest BCUT2D eigenvalue weighted by Crippen LogP contribution is 2.30. The topological polar surface area (TPSA) is 72.9 Å². The quantitative estimate of drug-likeness (QED) is 0.192. The maximum absolute atomic E-state index is 13.5. The molecule has 204 valence electrons. The number of pyridine rings is 1. The molecule has 0 fully saturated rings. The van der Waals surface area contributed by atoms with Crippen LogP contribution in [0.2, 0.25) is 0 Å². The van der Waals surface area contributed by atoms with Crippen LogP contribution in [0, 0.1) is 0 Å². The first-order chi connectivity index (χ1) is 18.9. The molecule has 4 aromatic rings. The standard InChI is InChI=1S/C31H34BrN3O4/c1-21(34-27-19-26(37-2)18-24-8-5-15-33-30(24)27)7-6-16-35(31(36)23-10-12-25(32)13-11-23)20-22-9-14-28(38-3)29(17-22)39-4/h5,8-15,17-19,21,34H,6-7,16,20H2,1-4H3. The summed E-state index contributed by atoms with van der Waals surface area (Å²) in [5.74, 6) is 2.07. The van der Waals surface area contributed by atoms with Crippen molar-refractivity contribution in [2.45, 2.75) is 32.4 Å². The van der Waals surface area contributed by atoms with E-state index in [9.17, 15) is 4.79 Å². The molecule has 7 nitrogen and oxygen atoms in total. The molecule has 1 unspecified atom stereocenters. The summed E-state index contributed by atoms with van der Waals surface area (Å²) in [5, 5.41) is 4.62. The van der Waals surface area contributed by atoms with E-state index >= 15 is 0 Å². The maximum Gasteiger partial charge on any atom is 0.254 e. The molecule has 0 bridgehead atoms. The van der Waals surface area contributed by atoms with Crippen molar-refractivity contribution in [2.75, 3.05) is 33.2 Å². The molecule has 1 amide bonds. The number of rotatable bonds is 12. The van der Waals surface area contributed by atoms with Gasteiger partial charge in [-0.1, -0.05) is 28.1 Å². The van der Waals surface area contributed by atoms with Crippen molar-refractivity contribution >= 4 is 38.4 Å². The SMILES string of the molecule is COc1cc(NC(C)CCCN(Cc2ccc(OC)c(OC)c2)C(=O)c2ccc(Br)cc2)c2ncccc2c1. The van der Waals surface area contributed by atoms with E-state index in [4.69, 9.17) is 14.2 Å². The lowest BCUT2D eigenvalue weighted by atomic mass is 10.1. The number of nitrogens with zero attached hydrogens (tertiary/aromatic N) is 2. The van der Waals surface area contributed by atoms with Gasteiger partial charge in [0, 0.05) is 46.8 Å². The number of nitrogens with one attached hydrogen (secondary N) is 1. The van der Waals surface area contributed by atoms with E-state index in [1.165, 1.54) is 0 Å². The minimum atomic E-state index is -0.0131. The van der Waals surface area contributed by atoms with Crippen molar-refractivity contribution in [3.63, 3.8) is 0 Å². The van der Waals surface area contributed by atoms with Crippen LogP contribution in [0.5, 0.6) is 17.2 Å². The van der Waals surface area contributed by atoms with Crippen molar-refractivity contribution in [3.8, 4) is 17.2 Å². The summed E-state index contributed by atoms with van der Waals surface area (Å²) in [4.78, 5) is 20.0. The summed E-state index contributed by atoms with van der Waals surface area (Å²) in [6.07, 6.45) is 3.48. The molecule has 3 aromatic carbocycles. The fourth-order valence-electron chi connectivity index (χ4n) is 4.55. The van der Waals surface area contributed by atoms with Gasteiger partial charge in [-0.25, -0.2) is 0 Å². The van der Waals surface area contributed by atoms with E-state index < -0.39 is 0 Å². The fourth-order valence-corrected chi connectivity index (χ4v) is 4.81. The number of amides is 1. The van der Waals surface area contributed by atoms with Gasteiger partial charge in [-0.3, -0.25) is 9.78 Å². The second-order valence-electron chi connectivity index (χ2n) is 9.36. The molecule has 0 saturated carbocycles. The highest BCUT2D eigenvalue weighted by Gasteiger charge is 2.18. The number of carbonyl (C=O) groups is 1. The van der Waals surface area contributed by atoms with Gasteiger partial charge in [-0.05, 0) is 73.9 Å². The molecule has 0 saturated heterocycles. The molecule has 4 rings (SSSR count). The summed E-state index contributed by atoms with van der Waals surface area (Å²) >= 11 is 3.45. The Morgan fingerprint density at radius 3 is 2.46 bits per heavy atom. The molecule has 1 atom stereocenters. The monoisotopic (exact) mass is 591 g/mol. The van der Waals surface area contributed by atoms with E-state index in [1.54, 1.807) is 27.5 Å². The molecule has 0 aliphatic carbocycles. The average molecular weight is 593 g/mol. The van der Waals surface area contributed by atoms with Crippen LogP contribution in [-0.4, -0.2) is 49.7 Å². The number of hydrogen-bond donors (Lipinski definition) is 1. The molecule has 39 heavy (non-hydrogen) atoms. The lowest BCUT2D eigenvalue weighted by Crippen LogP contribution is -2.32. The van der Waals surface area contributed by atoms with Crippen LogP contribution in [0.15, 0.2) is 77.4 Å². The summed E-state index contributed by atoms with van der Waals surface area (Å²) in [7, 11) is 4.89. The van der Waals surface area contributed by atoms with Crippen molar-refractivity contribution in [3.05, 3.63) is 88.5 Å². The van der Waals surface area contributed by atoms with Gasteiger partial charge in [0.25, 0.3) is 5.91 Å². The zero-order chi connectivity index (χ0) is 27.8. The Morgan fingerprint density at radius 1 is 0.974 bits per heavy atom. The minimum Gasteiger partial charge on any atom is -0.497 e. The molecule has 1 heterocycles. The molecule has 0 aliphatic heterocycles. The number of methoxy groups -OCH3 is 3. The highest BCUT2D eigenvalue weighted by atomic mass is 79.9. The maximum atomic E-state index is 13.5. The zero-order valence-electron chi connectivity index (χ0n) is 22.7. The fraction of sp³-hybridized carbons (Fsp3) is 0.290. The van der Waals surface area contributed by atoms with Crippen molar-refractivity contribution in [1.29, 1.82) is 0 Å². The summed E-state index contributed by atoms with van der Waals surface area (Å²) < 4.78 is 17.3. The van der Waals surface area contributed by atoms with Gasteiger partial charge in [0.05, 0.1) is 32.5 Å². The summed E-state index contributed by atoms with van der Waals surface area (Å²) in [6.45, 7) is 3.21. The Morgan fingerprint density at radius 2 is 1.74 bits per heavy atom. The normalized spacial score (nSPS) is 11.6. The Balaban J connectivity index is 1.47. The Kier molecular flexibility index (Phi) is 9.65.